The Morgan fingerprint density at radius 2 is 2.06 bits per heavy atom. The fourth-order valence-electron chi connectivity index (χ4n) is 1.56. The molecule has 1 atom stereocenters. The van der Waals surface area contributed by atoms with Gasteiger partial charge in [0, 0.05) is 12.5 Å². The normalized spacial score (nSPS) is 13.7. The van der Waals surface area contributed by atoms with Crippen LogP contribution >= 0.6 is 0 Å². The number of aliphatic hydroxyl groups excluding tert-OH is 1. The lowest BCUT2D eigenvalue weighted by molar-refractivity contribution is 0.143. The molecule has 5 nitrogen and oxygen atoms in total. The van der Waals surface area contributed by atoms with Crippen LogP contribution in [-0.2, 0) is 0 Å². The summed E-state index contributed by atoms with van der Waals surface area (Å²) in [4.78, 5) is 6.45. The molecule has 0 spiro atoms. The standard InChI is InChI=1S/C11H21N3O2/c1-5-14(6-7-15)9(4)11-12-10(8(2)3)13-16-11/h8-9,15H,5-7H2,1-4H3. The first-order chi connectivity index (χ1) is 7.60. The Kier molecular flexibility index (Phi) is 4.89. The highest BCUT2D eigenvalue weighted by atomic mass is 16.5. The first-order valence-electron chi connectivity index (χ1n) is 5.78. The van der Waals surface area contributed by atoms with E-state index in [0.29, 0.717) is 12.4 Å². The van der Waals surface area contributed by atoms with E-state index in [1.54, 1.807) is 0 Å². The molecule has 0 amide bonds. The van der Waals surface area contributed by atoms with Gasteiger partial charge in [-0.1, -0.05) is 25.9 Å². The molecule has 0 aliphatic carbocycles. The van der Waals surface area contributed by atoms with Crippen LogP contribution < -0.4 is 0 Å². The van der Waals surface area contributed by atoms with E-state index in [0.717, 1.165) is 12.4 Å². The van der Waals surface area contributed by atoms with Gasteiger partial charge in [0.2, 0.25) is 5.89 Å². The maximum absolute atomic E-state index is 8.95. The minimum absolute atomic E-state index is 0.0529. The Bertz CT molecular complexity index is 312. The lowest BCUT2D eigenvalue weighted by atomic mass is 10.2. The summed E-state index contributed by atoms with van der Waals surface area (Å²) in [6.07, 6.45) is 0. The molecular weight excluding hydrogens is 206 g/mol. The average Bonchev–Trinajstić information content (AvgIpc) is 2.74. The number of aromatic nitrogens is 2. The number of hydrogen-bond donors (Lipinski definition) is 1. The second kappa shape index (κ2) is 5.96. The van der Waals surface area contributed by atoms with E-state index in [2.05, 4.69) is 15.0 Å². The first-order valence-corrected chi connectivity index (χ1v) is 5.78. The summed E-state index contributed by atoms with van der Waals surface area (Å²) >= 11 is 0. The molecule has 0 bridgehead atoms. The second-order valence-electron chi connectivity index (χ2n) is 4.17. The summed E-state index contributed by atoms with van der Waals surface area (Å²) < 4.78 is 5.23. The van der Waals surface area contributed by atoms with Crippen molar-refractivity contribution in [1.29, 1.82) is 0 Å². The van der Waals surface area contributed by atoms with Crippen molar-refractivity contribution >= 4 is 0 Å². The lowest BCUT2D eigenvalue weighted by Crippen LogP contribution is -2.29. The van der Waals surface area contributed by atoms with Gasteiger partial charge in [0.15, 0.2) is 5.82 Å². The van der Waals surface area contributed by atoms with Crippen molar-refractivity contribution in [2.45, 2.75) is 39.7 Å². The third-order valence-corrected chi connectivity index (χ3v) is 2.67. The maximum Gasteiger partial charge on any atom is 0.243 e. The summed E-state index contributed by atoms with van der Waals surface area (Å²) in [5.74, 6) is 1.64. The Hall–Kier alpha value is -0.940. The molecular formula is C11H21N3O2. The van der Waals surface area contributed by atoms with Gasteiger partial charge in [-0.05, 0) is 13.5 Å². The van der Waals surface area contributed by atoms with Crippen molar-refractivity contribution < 1.29 is 9.63 Å². The van der Waals surface area contributed by atoms with E-state index >= 15 is 0 Å². The van der Waals surface area contributed by atoms with Crippen LogP contribution in [0.3, 0.4) is 0 Å². The number of hydrogen-bond acceptors (Lipinski definition) is 5. The van der Waals surface area contributed by atoms with Crippen LogP contribution in [0.1, 0.15) is 51.4 Å². The van der Waals surface area contributed by atoms with Crippen LogP contribution in [0.4, 0.5) is 0 Å². The quantitative estimate of drug-likeness (QED) is 0.799. The van der Waals surface area contributed by atoms with Gasteiger partial charge < -0.3 is 9.63 Å². The van der Waals surface area contributed by atoms with Crippen LogP contribution in [0.25, 0.3) is 0 Å². The van der Waals surface area contributed by atoms with Crippen LogP contribution in [-0.4, -0.2) is 39.8 Å². The molecule has 1 N–H and O–H groups in total. The Morgan fingerprint density at radius 1 is 1.38 bits per heavy atom. The van der Waals surface area contributed by atoms with Crippen molar-refractivity contribution in [1.82, 2.24) is 15.0 Å². The predicted octanol–water partition coefficient (Wildman–Crippen LogP) is 1.57. The summed E-state index contributed by atoms with van der Waals surface area (Å²) in [6.45, 7) is 9.74. The summed E-state index contributed by atoms with van der Waals surface area (Å²) in [6, 6.07) is 0.0529. The van der Waals surface area contributed by atoms with Crippen molar-refractivity contribution in [3.05, 3.63) is 11.7 Å². The summed E-state index contributed by atoms with van der Waals surface area (Å²) in [5, 5.41) is 12.9. The number of rotatable bonds is 6. The van der Waals surface area contributed by atoms with Gasteiger partial charge in [-0.15, -0.1) is 0 Å². The predicted molar refractivity (Wildman–Crippen MR) is 61.1 cm³/mol. The largest absolute Gasteiger partial charge is 0.395 e. The molecule has 92 valence electrons. The molecule has 0 saturated heterocycles. The molecule has 5 heteroatoms. The monoisotopic (exact) mass is 227 g/mol. The van der Waals surface area contributed by atoms with E-state index < -0.39 is 0 Å². The van der Waals surface area contributed by atoms with E-state index in [4.69, 9.17) is 9.63 Å². The van der Waals surface area contributed by atoms with Crippen LogP contribution in [0.15, 0.2) is 4.52 Å². The van der Waals surface area contributed by atoms with E-state index in [-0.39, 0.29) is 18.6 Å². The molecule has 1 unspecified atom stereocenters. The molecule has 1 aromatic rings. The van der Waals surface area contributed by atoms with Crippen molar-refractivity contribution in [2.75, 3.05) is 19.7 Å². The van der Waals surface area contributed by atoms with Gasteiger partial charge in [0.1, 0.15) is 0 Å². The molecule has 1 rings (SSSR count). The van der Waals surface area contributed by atoms with Gasteiger partial charge in [0.05, 0.1) is 12.6 Å². The molecule has 0 radical (unpaired) electrons. The molecule has 0 aromatic carbocycles. The van der Waals surface area contributed by atoms with Gasteiger partial charge in [-0.3, -0.25) is 4.90 Å². The third kappa shape index (κ3) is 3.02. The third-order valence-electron chi connectivity index (χ3n) is 2.67. The van der Waals surface area contributed by atoms with E-state index in [1.165, 1.54) is 0 Å². The fourth-order valence-corrected chi connectivity index (χ4v) is 1.56. The van der Waals surface area contributed by atoms with Crippen LogP contribution in [0.2, 0.25) is 0 Å². The summed E-state index contributed by atoms with van der Waals surface area (Å²) in [7, 11) is 0. The molecule has 1 heterocycles. The zero-order valence-corrected chi connectivity index (χ0v) is 10.5. The topological polar surface area (TPSA) is 62.4 Å². The maximum atomic E-state index is 8.95. The van der Waals surface area contributed by atoms with Gasteiger partial charge in [-0.2, -0.15) is 4.98 Å². The Morgan fingerprint density at radius 3 is 2.50 bits per heavy atom. The Labute approximate surface area is 96.5 Å². The highest BCUT2D eigenvalue weighted by Gasteiger charge is 2.20. The van der Waals surface area contributed by atoms with Gasteiger partial charge in [0.25, 0.3) is 0 Å². The smallest absolute Gasteiger partial charge is 0.243 e. The van der Waals surface area contributed by atoms with E-state index in [9.17, 15) is 0 Å². The molecule has 0 aliphatic rings. The molecule has 0 saturated carbocycles. The molecule has 0 aliphatic heterocycles. The second-order valence-corrected chi connectivity index (χ2v) is 4.17. The van der Waals surface area contributed by atoms with Gasteiger partial charge in [-0.25, -0.2) is 0 Å². The molecule has 16 heavy (non-hydrogen) atoms. The van der Waals surface area contributed by atoms with Crippen molar-refractivity contribution in [2.24, 2.45) is 0 Å². The number of aliphatic hydroxyl groups is 1. The number of likely N-dealkylation sites (N-methyl/N-ethyl adjacent to an activating group) is 1. The van der Waals surface area contributed by atoms with Crippen molar-refractivity contribution in [3.8, 4) is 0 Å². The van der Waals surface area contributed by atoms with Gasteiger partial charge >= 0.3 is 0 Å². The zero-order valence-electron chi connectivity index (χ0n) is 10.5. The SMILES string of the molecule is CCN(CCO)C(C)c1nc(C(C)C)no1. The minimum atomic E-state index is 0.0529. The zero-order chi connectivity index (χ0) is 12.1. The number of nitrogens with zero attached hydrogens (tertiary/aromatic N) is 3. The average molecular weight is 227 g/mol. The first kappa shape index (κ1) is 13.1. The molecule has 1 aromatic heterocycles. The van der Waals surface area contributed by atoms with Crippen molar-refractivity contribution in [3.63, 3.8) is 0 Å². The lowest BCUT2D eigenvalue weighted by Gasteiger charge is -2.23. The summed E-state index contributed by atoms with van der Waals surface area (Å²) in [5.41, 5.74) is 0. The highest BCUT2D eigenvalue weighted by molar-refractivity contribution is 4.95. The minimum Gasteiger partial charge on any atom is -0.395 e. The van der Waals surface area contributed by atoms with Crippen LogP contribution in [0, 0.1) is 0 Å². The van der Waals surface area contributed by atoms with E-state index in [1.807, 2.05) is 27.7 Å². The van der Waals surface area contributed by atoms with Crippen LogP contribution in [0.5, 0.6) is 0 Å². The highest BCUT2D eigenvalue weighted by Crippen LogP contribution is 2.19. The Balaban J connectivity index is 2.73. The fraction of sp³-hybridized carbons (Fsp3) is 0.818. The molecule has 0 fully saturated rings.